The first-order valence-electron chi connectivity index (χ1n) is 21.2. The van der Waals surface area contributed by atoms with Crippen LogP contribution in [-0.4, -0.2) is 46.1 Å². The van der Waals surface area contributed by atoms with Crippen LogP contribution in [0.2, 0.25) is 37.5 Å². The van der Waals surface area contributed by atoms with E-state index in [4.69, 9.17) is 0 Å². The van der Waals surface area contributed by atoms with Crippen LogP contribution in [0, 0.1) is 0 Å². The third kappa shape index (κ3) is 1.07. The zero-order chi connectivity index (χ0) is 37.9. The molecule has 57 heavy (non-hydrogen) atoms. The molecule has 0 N–H and O–H groups in total. The van der Waals surface area contributed by atoms with E-state index >= 15 is 0 Å². The predicted molar refractivity (Wildman–Crippen MR) is 237 cm³/mol. The third-order valence-electron chi connectivity index (χ3n) is 24.0. The summed E-state index contributed by atoms with van der Waals surface area (Å²) in [5, 5.41) is 6.64. The second-order valence-corrected chi connectivity index (χ2v) is 49.8. The molecule has 0 amide bonds. The van der Waals surface area contributed by atoms with Gasteiger partial charge in [0, 0.05) is 0 Å². The van der Waals surface area contributed by atoms with Gasteiger partial charge in [0.05, 0.1) is 0 Å². The molecule has 286 valence electrons. The minimum absolute atomic E-state index is 0.326. The molecule has 10 atom stereocenters. The van der Waals surface area contributed by atoms with Crippen molar-refractivity contribution in [2.75, 3.05) is 28.2 Å². The van der Waals surface area contributed by atoms with E-state index in [9.17, 15) is 0 Å². The summed E-state index contributed by atoms with van der Waals surface area (Å²) in [4.78, 5) is 11.4. The second-order valence-electron chi connectivity index (χ2n) is 21.5. The quantitative estimate of drug-likeness (QED) is 0.0896. The van der Waals surface area contributed by atoms with Crippen molar-refractivity contribution in [3.63, 3.8) is 0 Å². The molecular formula is C52H50FeN2P2. The van der Waals surface area contributed by atoms with E-state index in [0.29, 0.717) is 28.8 Å². The van der Waals surface area contributed by atoms with Gasteiger partial charge < -0.3 is 0 Å². The van der Waals surface area contributed by atoms with Gasteiger partial charge in [-0.05, 0) is 0 Å². The summed E-state index contributed by atoms with van der Waals surface area (Å²) < 4.78 is 1.53. The number of hydrogen-bond acceptors (Lipinski definition) is 2. The first-order valence-corrected chi connectivity index (χ1v) is 29.9. The maximum absolute atomic E-state index is 5.19. The van der Waals surface area contributed by atoms with E-state index in [2.05, 4.69) is 220 Å². The van der Waals surface area contributed by atoms with Gasteiger partial charge in [0.2, 0.25) is 0 Å². The van der Waals surface area contributed by atoms with E-state index in [-0.39, 0.29) is 0 Å². The van der Waals surface area contributed by atoms with Crippen molar-refractivity contribution in [2.45, 2.75) is 57.7 Å². The molecule has 0 radical (unpaired) electrons. The summed E-state index contributed by atoms with van der Waals surface area (Å²) >= 11 is 0. The maximum atomic E-state index is 2.80. The molecule has 0 aliphatic carbocycles. The Kier molecular flexibility index (Phi) is 3.46. The van der Waals surface area contributed by atoms with Gasteiger partial charge >= 0.3 is 332 Å². The molecule has 10 aliphatic rings. The minimum atomic E-state index is -5.19. The zero-order valence-electron chi connectivity index (χ0n) is 33.1. The second kappa shape index (κ2) is 6.26. The van der Waals surface area contributed by atoms with Crippen LogP contribution < -0.4 is 21.2 Å². The van der Waals surface area contributed by atoms with E-state index in [0.717, 1.165) is 28.9 Å². The average Bonchev–Trinajstić information content (AvgIpc) is 4.22. The Morgan fingerprint density at radius 2 is 0.702 bits per heavy atom. The van der Waals surface area contributed by atoms with Gasteiger partial charge in [0.25, 0.3) is 0 Å². The zero-order valence-corrected chi connectivity index (χ0v) is 36.0. The first-order chi connectivity index (χ1) is 27.7. The number of benzene rings is 6. The molecule has 6 aromatic rings. The van der Waals surface area contributed by atoms with Crippen molar-refractivity contribution in [1.82, 2.24) is 9.80 Å². The van der Waals surface area contributed by atoms with Gasteiger partial charge in [-0.25, -0.2) is 0 Å². The van der Waals surface area contributed by atoms with Crippen LogP contribution in [-0.2, 0) is 6.51 Å². The Balaban J connectivity index is 1.13. The van der Waals surface area contributed by atoms with Gasteiger partial charge in [0.15, 0.2) is 0 Å². The van der Waals surface area contributed by atoms with Gasteiger partial charge in [-0.1, -0.05) is 0 Å². The number of rotatable bonds is 12. The van der Waals surface area contributed by atoms with Crippen molar-refractivity contribution >= 4 is 37.1 Å². The monoisotopic (exact) mass is 820 g/mol. The fourth-order valence-corrected chi connectivity index (χ4v) is 137. The van der Waals surface area contributed by atoms with Crippen molar-refractivity contribution in [3.05, 3.63) is 193 Å². The number of fused-ring (bicyclic) bond motifs is 10. The summed E-state index contributed by atoms with van der Waals surface area (Å²) in [7, 11) is 8.68. The summed E-state index contributed by atoms with van der Waals surface area (Å²) in [6.07, 6.45) is 0. The van der Waals surface area contributed by atoms with Crippen molar-refractivity contribution in [3.8, 4) is 0 Å². The Labute approximate surface area is 330 Å². The fourth-order valence-electron chi connectivity index (χ4n) is 26.6. The van der Waals surface area contributed by atoms with E-state index in [1.54, 1.807) is 32.3 Å². The van der Waals surface area contributed by atoms with E-state index in [1.165, 1.54) is 0 Å². The van der Waals surface area contributed by atoms with Gasteiger partial charge in [-0.15, -0.1) is 0 Å². The topological polar surface area (TPSA) is 6.48 Å². The average molecular weight is 821 g/mol. The fraction of sp³-hybridized carbons (Fsp3) is 0.308. The molecule has 1 spiro atoms. The van der Waals surface area contributed by atoms with Crippen LogP contribution >= 0.6 is 15.8 Å². The molecule has 10 heterocycles. The molecule has 10 aliphatic heterocycles. The molecule has 2 nitrogen and oxygen atoms in total. The molecule has 0 bridgehead atoms. The summed E-state index contributed by atoms with van der Waals surface area (Å²) in [6.45, 7) is -5.19. The van der Waals surface area contributed by atoms with Crippen LogP contribution in [0.1, 0.15) is 23.2 Å². The van der Waals surface area contributed by atoms with Gasteiger partial charge in [-0.2, -0.15) is 0 Å². The molecular weight excluding hydrogens is 770 g/mol. The third-order valence-corrected chi connectivity index (χ3v) is 81.9. The van der Waals surface area contributed by atoms with Gasteiger partial charge in [-0.3, -0.25) is 0 Å². The normalized spacial score (nSPS) is 49.0. The first kappa shape index (κ1) is 31.5. The molecule has 10 fully saturated rings. The van der Waals surface area contributed by atoms with E-state index in [1.807, 2.05) is 0 Å². The summed E-state index contributed by atoms with van der Waals surface area (Å²) in [5.74, 6) is 0. The van der Waals surface area contributed by atoms with Crippen molar-refractivity contribution < 1.29 is 6.51 Å². The molecule has 16 rings (SSSR count). The van der Waals surface area contributed by atoms with Crippen LogP contribution in [0.4, 0.5) is 0 Å². The number of hydrogen-bond donors (Lipinski definition) is 0. The Hall–Kier alpha value is -3.38. The predicted octanol–water partition coefficient (Wildman–Crippen LogP) is 10.8. The molecule has 10 saturated heterocycles. The molecule has 6 aromatic carbocycles. The van der Waals surface area contributed by atoms with Crippen molar-refractivity contribution in [1.29, 1.82) is 0 Å². The van der Waals surface area contributed by atoms with Crippen LogP contribution in [0.3, 0.4) is 0 Å². The molecule has 8 unspecified atom stereocenters. The standard InChI is InChI=1S/C35H36N2P.C17H14P.Fe/c1-36(2)33(27-17-9-5-10-18-27)31-25-26-32(34(37(3)4)28-19-11-6-12-20-28)35(31)38(29-21-13-7-14-22-29)30-23-15-8-16-24-30;1-3-9-15(10-4-1)18(17-13-7-8-14-17)16-11-5-2-6-12-16;/h5-26,33-34H,1-4H3;1-14H;/t33-,34-;;/m0../s1. The Morgan fingerprint density at radius 3 is 1.00 bits per heavy atom. The molecule has 0 saturated carbocycles. The van der Waals surface area contributed by atoms with Gasteiger partial charge in [0.1, 0.15) is 0 Å². The SMILES string of the molecule is CN(C)[C@@H](c1ccccc1)[C]12[CH]3[CH]4[C]5([C@H](c6ccccc6)N(C)C)[C]1(P(c1ccccc1)c1ccccc1)[Fe]34251678[CH]2[CH]1[CH]6[C]7(P(c1ccccc1)c1ccccc1)[CH]28. The summed E-state index contributed by atoms with van der Waals surface area (Å²) in [5.41, 5.74) is 3.20. The van der Waals surface area contributed by atoms with Crippen LogP contribution in [0.15, 0.2) is 182 Å². The van der Waals surface area contributed by atoms with E-state index < -0.39 is 22.4 Å². The van der Waals surface area contributed by atoms with Crippen molar-refractivity contribution in [2.24, 2.45) is 0 Å². The van der Waals surface area contributed by atoms with Crippen LogP contribution in [0.25, 0.3) is 0 Å². The summed E-state index contributed by atoms with van der Waals surface area (Å²) in [6, 6.07) is 73.9. The van der Waals surface area contributed by atoms with Crippen LogP contribution in [0.5, 0.6) is 0 Å². The molecule has 5 heteroatoms. The number of nitrogens with zero attached hydrogens (tertiary/aromatic N) is 2. The molecule has 0 aromatic heterocycles. The Bertz CT molecular complexity index is 3000. The Morgan fingerprint density at radius 1 is 0.404 bits per heavy atom.